The van der Waals surface area contributed by atoms with Crippen molar-refractivity contribution in [3.63, 3.8) is 0 Å². The van der Waals surface area contributed by atoms with Crippen molar-refractivity contribution < 1.29 is 10.1 Å². The fourth-order valence-corrected chi connectivity index (χ4v) is 1.97. The molecule has 0 aliphatic carbocycles. The number of aliphatic hydroxyl groups excluding tert-OH is 1. The van der Waals surface area contributed by atoms with Crippen LogP contribution >= 0.6 is 11.6 Å². The summed E-state index contributed by atoms with van der Waals surface area (Å²) >= 11 is 6.05. The molecule has 0 atom stereocenters. The van der Waals surface area contributed by atoms with Crippen LogP contribution in [-0.4, -0.2) is 17.0 Å². The molecule has 0 aliphatic heterocycles. The van der Waals surface area contributed by atoms with Gasteiger partial charge in [0.05, 0.1) is 6.61 Å². The number of halogens is 1. The Balaban J connectivity index is 0.00000180. The molecule has 19 heavy (non-hydrogen) atoms. The summed E-state index contributed by atoms with van der Waals surface area (Å²) in [5.74, 6) is 0. The molecule has 0 radical (unpaired) electrons. The lowest BCUT2D eigenvalue weighted by molar-refractivity contribution is 0.282. The molecular formula is C15H18BClO2. The van der Waals surface area contributed by atoms with Crippen molar-refractivity contribution in [2.75, 3.05) is 0 Å². The number of rotatable bonds is 3. The van der Waals surface area contributed by atoms with Gasteiger partial charge in [0.25, 0.3) is 0 Å². The zero-order valence-electron chi connectivity index (χ0n) is 10.1. The van der Waals surface area contributed by atoms with Crippen molar-refractivity contribution in [3.8, 4) is 0 Å². The van der Waals surface area contributed by atoms with E-state index in [4.69, 9.17) is 16.7 Å². The third-order valence-electron chi connectivity index (χ3n) is 2.99. The Morgan fingerprint density at radius 1 is 1.05 bits per heavy atom. The minimum atomic E-state index is -0.698. The minimum absolute atomic E-state index is 0. The fraction of sp³-hybridized carbons (Fsp3) is 0.200. The lowest BCUT2D eigenvalue weighted by Gasteiger charge is -2.09. The average Bonchev–Trinajstić information content (AvgIpc) is 2.41. The van der Waals surface area contributed by atoms with Gasteiger partial charge >= 0.3 is 6.92 Å². The van der Waals surface area contributed by atoms with Crippen molar-refractivity contribution in [1.82, 2.24) is 0 Å². The van der Waals surface area contributed by atoms with Crippen molar-refractivity contribution in [2.45, 2.75) is 21.0 Å². The van der Waals surface area contributed by atoms with Crippen LogP contribution in [0.1, 0.15) is 18.6 Å². The van der Waals surface area contributed by atoms with Gasteiger partial charge in [-0.3, -0.25) is 0 Å². The molecule has 4 heteroatoms. The maximum Gasteiger partial charge on any atom is 0.359 e. The minimum Gasteiger partial charge on any atom is -0.443 e. The third kappa shape index (κ3) is 3.60. The van der Waals surface area contributed by atoms with E-state index < -0.39 is 6.92 Å². The first-order valence-electron chi connectivity index (χ1n) is 5.75. The highest BCUT2D eigenvalue weighted by Gasteiger charge is 2.17. The predicted octanol–water partition coefficient (Wildman–Crippen LogP) is 1.87. The van der Waals surface area contributed by atoms with Crippen LogP contribution in [0, 0.1) is 6.92 Å². The molecule has 0 bridgehead atoms. The van der Waals surface area contributed by atoms with E-state index in [1.165, 1.54) is 0 Å². The lowest BCUT2D eigenvalue weighted by Crippen LogP contribution is -2.42. The topological polar surface area (TPSA) is 40.5 Å². The second-order valence-corrected chi connectivity index (χ2v) is 4.72. The van der Waals surface area contributed by atoms with E-state index in [0.717, 1.165) is 22.1 Å². The van der Waals surface area contributed by atoms with E-state index in [0.29, 0.717) is 5.02 Å². The summed E-state index contributed by atoms with van der Waals surface area (Å²) in [5.41, 5.74) is 3.37. The highest BCUT2D eigenvalue weighted by molar-refractivity contribution is 6.79. The lowest BCUT2D eigenvalue weighted by atomic mass is 9.56. The van der Waals surface area contributed by atoms with Crippen LogP contribution in [0.4, 0.5) is 0 Å². The molecule has 2 N–H and O–H groups in total. The number of aryl methyl sites for hydroxylation is 1. The first kappa shape index (κ1) is 15.8. The smallest absolute Gasteiger partial charge is 0.359 e. The molecular weight excluding hydrogens is 258 g/mol. The molecule has 100 valence electrons. The van der Waals surface area contributed by atoms with Crippen LogP contribution in [0.5, 0.6) is 0 Å². The van der Waals surface area contributed by atoms with Crippen LogP contribution in [0.3, 0.4) is 0 Å². The van der Waals surface area contributed by atoms with E-state index in [1.807, 2.05) is 31.2 Å². The molecule has 0 fully saturated rings. The predicted molar refractivity (Wildman–Crippen MR) is 82.5 cm³/mol. The van der Waals surface area contributed by atoms with Gasteiger partial charge in [-0.15, -0.1) is 0 Å². The van der Waals surface area contributed by atoms with Crippen molar-refractivity contribution in [2.24, 2.45) is 0 Å². The Bertz CT molecular complexity index is 540. The van der Waals surface area contributed by atoms with Crippen LogP contribution in [0.25, 0.3) is 0 Å². The largest absolute Gasteiger partial charge is 0.443 e. The number of aliphatic hydroxyl groups is 1. The summed E-state index contributed by atoms with van der Waals surface area (Å²) in [6, 6.07) is 12.8. The number of benzene rings is 2. The molecule has 2 nitrogen and oxygen atoms in total. The average molecular weight is 277 g/mol. The van der Waals surface area contributed by atoms with E-state index in [1.54, 1.807) is 18.2 Å². The molecule has 0 heterocycles. The van der Waals surface area contributed by atoms with Gasteiger partial charge in [0.1, 0.15) is 0 Å². The van der Waals surface area contributed by atoms with Gasteiger partial charge < -0.3 is 10.1 Å². The molecule has 0 saturated carbocycles. The van der Waals surface area contributed by atoms with Gasteiger partial charge in [-0.25, -0.2) is 0 Å². The van der Waals surface area contributed by atoms with Crippen LogP contribution in [0.15, 0.2) is 42.5 Å². The molecule has 0 saturated heterocycles. The maximum atomic E-state index is 10.2. The zero-order valence-corrected chi connectivity index (χ0v) is 10.9. The van der Waals surface area contributed by atoms with Gasteiger partial charge in [0, 0.05) is 5.02 Å². The zero-order chi connectivity index (χ0) is 13.1. The van der Waals surface area contributed by atoms with E-state index in [-0.39, 0.29) is 14.0 Å². The Hall–Kier alpha value is -1.29. The first-order chi connectivity index (χ1) is 8.61. The van der Waals surface area contributed by atoms with E-state index >= 15 is 0 Å². The highest BCUT2D eigenvalue weighted by Crippen LogP contribution is 2.12. The van der Waals surface area contributed by atoms with Gasteiger partial charge in [-0.2, -0.15) is 0 Å². The summed E-state index contributed by atoms with van der Waals surface area (Å²) in [6.07, 6.45) is 0. The quantitative estimate of drug-likeness (QED) is 0.840. The van der Waals surface area contributed by atoms with Crippen molar-refractivity contribution in [1.29, 1.82) is 0 Å². The molecule has 2 aromatic rings. The van der Waals surface area contributed by atoms with Crippen molar-refractivity contribution >= 4 is 29.4 Å². The normalized spacial score (nSPS) is 9.89. The Morgan fingerprint density at radius 3 is 2.16 bits per heavy atom. The van der Waals surface area contributed by atoms with Crippen LogP contribution < -0.4 is 10.9 Å². The summed E-state index contributed by atoms with van der Waals surface area (Å²) in [7, 11) is 0. The van der Waals surface area contributed by atoms with Gasteiger partial charge in [0.15, 0.2) is 0 Å². The molecule has 2 rings (SSSR count). The SMILES string of the molecule is C.Cc1ccc(B(O)c2ccc(CO)cc2)cc1Cl. The van der Waals surface area contributed by atoms with Gasteiger partial charge in [-0.1, -0.05) is 55.4 Å². The summed E-state index contributed by atoms with van der Waals surface area (Å²) in [4.78, 5) is 0. The van der Waals surface area contributed by atoms with Crippen LogP contribution in [0.2, 0.25) is 5.02 Å². The van der Waals surface area contributed by atoms with E-state index in [9.17, 15) is 5.02 Å². The number of hydrogen-bond acceptors (Lipinski definition) is 2. The Morgan fingerprint density at radius 2 is 1.63 bits per heavy atom. The molecule has 0 aromatic heterocycles. The fourth-order valence-electron chi connectivity index (χ4n) is 1.78. The second kappa shape index (κ2) is 6.76. The monoisotopic (exact) mass is 276 g/mol. The molecule has 0 spiro atoms. The Kier molecular flexibility index (Phi) is 5.61. The van der Waals surface area contributed by atoms with E-state index in [2.05, 4.69) is 0 Å². The highest BCUT2D eigenvalue weighted by atomic mass is 35.5. The summed E-state index contributed by atoms with van der Waals surface area (Å²) in [6.45, 7) is 1.23. The molecule has 2 aromatic carbocycles. The molecule has 0 amide bonds. The van der Waals surface area contributed by atoms with Crippen LogP contribution in [-0.2, 0) is 6.61 Å². The summed E-state index contributed by atoms with van der Waals surface area (Å²) in [5, 5.41) is 19.9. The Labute approximate surface area is 119 Å². The van der Waals surface area contributed by atoms with Crippen molar-refractivity contribution in [3.05, 3.63) is 58.6 Å². The molecule has 0 unspecified atom stereocenters. The summed E-state index contributed by atoms with van der Waals surface area (Å²) < 4.78 is 0. The van der Waals surface area contributed by atoms with Gasteiger partial charge in [0.2, 0.25) is 0 Å². The first-order valence-corrected chi connectivity index (χ1v) is 6.13. The standard InChI is InChI=1S/C14H14BClO2.CH4/c1-10-2-5-13(8-14(10)16)15(18)12-6-3-11(9-17)4-7-12;/h2-8,17-18H,9H2,1H3;1H4. The number of hydrogen-bond donors (Lipinski definition) is 2. The van der Waals surface area contributed by atoms with Gasteiger partial charge in [-0.05, 0) is 35.0 Å². The maximum absolute atomic E-state index is 10.2. The third-order valence-corrected chi connectivity index (χ3v) is 3.40. The molecule has 0 aliphatic rings. The second-order valence-electron chi connectivity index (χ2n) is 4.31.